The molecule has 0 saturated carbocycles. The van der Waals surface area contributed by atoms with Crippen molar-refractivity contribution in [3.63, 3.8) is 0 Å². The minimum atomic E-state index is -0.462. The average molecular weight is 771 g/mol. The molecule has 0 aliphatic carbocycles. The molecule has 0 radical (unpaired) electrons. The molecule has 314 valence electrons. The summed E-state index contributed by atoms with van der Waals surface area (Å²) >= 11 is 0. The zero-order valence-electron chi connectivity index (χ0n) is 34.7. The number of rotatable bonds is 34. The van der Waals surface area contributed by atoms with Gasteiger partial charge in [0.1, 0.15) is 19.3 Å². The summed E-state index contributed by atoms with van der Waals surface area (Å²) in [5, 5.41) is 8.37. The van der Waals surface area contributed by atoms with Crippen LogP contribution in [0, 0.1) is 5.41 Å². The largest absolute Gasteiger partial charge is 0.381 e. The number of nitrogens with zero attached hydrogens (tertiary/aromatic N) is 3. The summed E-state index contributed by atoms with van der Waals surface area (Å²) in [5.41, 5.74) is -0.462. The van der Waals surface area contributed by atoms with Gasteiger partial charge < -0.3 is 44.9 Å². The number of nitrogens with one attached hydrogen (secondary N) is 3. The van der Waals surface area contributed by atoms with E-state index in [2.05, 4.69) is 36.7 Å². The van der Waals surface area contributed by atoms with Gasteiger partial charge in [0.15, 0.2) is 0 Å². The van der Waals surface area contributed by atoms with E-state index in [1.54, 1.807) is 35.8 Å². The van der Waals surface area contributed by atoms with Crippen molar-refractivity contribution in [3.8, 4) is 0 Å². The predicted molar refractivity (Wildman–Crippen MR) is 210 cm³/mol. The summed E-state index contributed by atoms with van der Waals surface area (Å²) in [6.07, 6.45) is 7.50. The third-order valence-corrected chi connectivity index (χ3v) is 9.09. The van der Waals surface area contributed by atoms with Gasteiger partial charge in [-0.05, 0) is 44.9 Å². The lowest BCUT2D eigenvalue weighted by atomic mass is 9.88. The fraction of sp³-hybridized carbons (Fsp3) is 0.846. The molecular weight excluding hydrogens is 696 g/mol. The van der Waals surface area contributed by atoms with Crippen LogP contribution < -0.4 is 16.0 Å². The van der Waals surface area contributed by atoms with E-state index in [4.69, 9.17) is 14.2 Å². The Morgan fingerprint density at radius 3 is 0.981 bits per heavy atom. The summed E-state index contributed by atoms with van der Waals surface area (Å²) in [7, 11) is 5.13. The Morgan fingerprint density at radius 2 is 0.741 bits per heavy atom. The van der Waals surface area contributed by atoms with Crippen LogP contribution in [0.5, 0.6) is 0 Å². The van der Waals surface area contributed by atoms with E-state index < -0.39 is 5.41 Å². The molecule has 0 atom stereocenters. The molecule has 15 nitrogen and oxygen atoms in total. The third-order valence-electron chi connectivity index (χ3n) is 9.09. The second-order valence-corrected chi connectivity index (χ2v) is 14.2. The van der Waals surface area contributed by atoms with Crippen molar-refractivity contribution >= 4 is 35.4 Å². The number of hydrogen-bond acceptors (Lipinski definition) is 9. The molecule has 0 heterocycles. The van der Waals surface area contributed by atoms with Crippen LogP contribution >= 0.6 is 0 Å². The van der Waals surface area contributed by atoms with Crippen molar-refractivity contribution in [1.82, 2.24) is 30.7 Å². The summed E-state index contributed by atoms with van der Waals surface area (Å²) in [4.78, 5) is 78.1. The number of carbonyl (C=O) groups is 6. The minimum Gasteiger partial charge on any atom is -0.381 e. The van der Waals surface area contributed by atoms with E-state index in [1.807, 2.05) is 6.92 Å². The van der Waals surface area contributed by atoms with Crippen LogP contribution in [0.15, 0.2) is 0 Å². The molecule has 54 heavy (non-hydrogen) atoms. The molecule has 0 bridgehead atoms. The highest BCUT2D eigenvalue weighted by atomic mass is 16.5. The Hall–Kier alpha value is -3.30. The third kappa shape index (κ3) is 25.7. The van der Waals surface area contributed by atoms with Gasteiger partial charge in [0, 0.05) is 85.6 Å². The first-order valence-electron chi connectivity index (χ1n) is 20.1. The van der Waals surface area contributed by atoms with Crippen LogP contribution in [-0.4, -0.2) is 150 Å². The standard InChI is InChI=1S/C39H74N6O9/c1-8-12-21-43(5)36(49)27-33(46)40-18-15-24-52-30-39(11-4,31-53-25-16-19-41-34(47)28-37(50)44(6)22-13-9-2)32-54-26-17-20-42-35(48)29-38(51)45(7)23-14-10-3/h8-32H2,1-7H3,(H,40,46)(H,41,47)(H,42,48). The maximum absolute atomic E-state index is 12.2. The lowest BCUT2D eigenvalue weighted by Gasteiger charge is -2.32. The molecule has 15 heteroatoms. The minimum absolute atomic E-state index is 0.176. The van der Waals surface area contributed by atoms with Gasteiger partial charge in [0.05, 0.1) is 19.8 Å². The van der Waals surface area contributed by atoms with Crippen LogP contribution in [0.4, 0.5) is 0 Å². The van der Waals surface area contributed by atoms with Crippen molar-refractivity contribution in [3.05, 3.63) is 0 Å². The SMILES string of the molecule is CCCCN(C)C(=O)CC(=O)NCCCOCC(CC)(COCCCNC(=O)CC(=O)N(C)CCCC)COCCCNC(=O)CC(=O)N(C)CCCC. The molecule has 0 unspecified atom stereocenters. The number of hydrogen-bond donors (Lipinski definition) is 3. The van der Waals surface area contributed by atoms with Crippen LogP contribution in [0.1, 0.15) is 111 Å². The smallest absolute Gasteiger partial charge is 0.231 e. The van der Waals surface area contributed by atoms with Crippen LogP contribution in [0.3, 0.4) is 0 Å². The van der Waals surface area contributed by atoms with Gasteiger partial charge in [0.25, 0.3) is 0 Å². The molecule has 0 aromatic rings. The summed E-state index contributed by atoms with van der Waals surface area (Å²) in [5.74, 6) is -1.52. The van der Waals surface area contributed by atoms with Gasteiger partial charge in [-0.25, -0.2) is 0 Å². The second kappa shape index (κ2) is 32.0. The fourth-order valence-corrected chi connectivity index (χ4v) is 5.07. The van der Waals surface area contributed by atoms with Gasteiger partial charge in [-0.3, -0.25) is 28.8 Å². The monoisotopic (exact) mass is 771 g/mol. The molecule has 0 spiro atoms. The first-order chi connectivity index (χ1) is 25.8. The lowest BCUT2D eigenvalue weighted by Crippen LogP contribution is -2.38. The highest BCUT2D eigenvalue weighted by Crippen LogP contribution is 2.24. The van der Waals surface area contributed by atoms with Gasteiger partial charge in [-0.15, -0.1) is 0 Å². The molecule has 0 aromatic carbocycles. The molecule has 0 aliphatic heterocycles. The average Bonchev–Trinajstić information content (AvgIpc) is 3.15. The van der Waals surface area contributed by atoms with Crippen molar-refractivity contribution in [2.24, 2.45) is 5.41 Å². The van der Waals surface area contributed by atoms with Gasteiger partial charge in [0.2, 0.25) is 35.4 Å². The number of unbranched alkanes of at least 4 members (excludes halogenated alkanes) is 3. The predicted octanol–water partition coefficient (Wildman–Crippen LogP) is 2.90. The molecule has 0 fully saturated rings. The van der Waals surface area contributed by atoms with Crippen molar-refractivity contribution in [2.45, 2.75) is 111 Å². The highest BCUT2D eigenvalue weighted by Gasteiger charge is 2.30. The van der Waals surface area contributed by atoms with Gasteiger partial charge in [-0.2, -0.15) is 0 Å². The number of amides is 6. The molecular formula is C39H74N6O9. The van der Waals surface area contributed by atoms with E-state index in [0.717, 1.165) is 38.5 Å². The van der Waals surface area contributed by atoms with Gasteiger partial charge >= 0.3 is 0 Å². The van der Waals surface area contributed by atoms with Crippen LogP contribution in [-0.2, 0) is 43.0 Å². The Morgan fingerprint density at radius 1 is 0.463 bits per heavy atom. The van der Waals surface area contributed by atoms with Crippen molar-refractivity contribution in [2.75, 3.05) is 100 Å². The Bertz CT molecular complexity index is 951. The topological polar surface area (TPSA) is 176 Å². The zero-order valence-corrected chi connectivity index (χ0v) is 34.7. The fourth-order valence-electron chi connectivity index (χ4n) is 5.07. The normalized spacial score (nSPS) is 11.2. The molecule has 0 saturated heterocycles. The van der Waals surface area contributed by atoms with E-state index in [0.29, 0.717) is 105 Å². The van der Waals surface area contributed by atoms with Crippen LogP contribution in [0.2, 0.25) is 0 Å². The molecule has 0 aliphatic rings. The summed E-state index contributed by atoms with van der Waals surface area (Å²) < 4.78 is 18.1. The van der Waals surface area contributed by atoms with Crippen molar-refractivity contribution < 1.29 is 43.0 Å². The maximum Gasteiger partial charge on any atom is 0.231 e. The Kier molecular flexibility index (Phi) is 30.0. The van der Waals surface area contributed by atoms with E-state index in [9.17, 15) is 28.8 Å². The number of ether oxygens (including phenoxy) is 3. The van der Waals surface area contributed by atoms with E-state index in [-0.39, 0.29) is 54.7 Å². The first kappa shape index (κ1) is 50.7. The zero-order chi connectivity index (χ0) is 40.6. The molecule has 0 aromatic heterocycles. The lowest BCUT2D eigenvalue weighted by molar-refractivity contribution is -0.136. The Balaban J connectivity index is 4.83. The molecule has 3 N–H and O–H groups in total. The van der Waals surface area contributed by atoms with Crippen molar-refractivity contribution in [1.29, 1.82) is 0 Å². The second-order valence-electron chi connectivity index (χ2n) is 14.2. The maximum atomic E-state index is 12.2. The van der Waals surface area contributed by atoms with E-state index in [1.165, 1.54) is 0 Å². The number of carbonyl (C=O) groups excluding carboxylic acids is 6. The highest BCUT2D eigenvalue weighted by molar-refractivity contribution is 5.97. The molecule has 0 rings (SSSR count). The summed E-state index contributed by atoms with van der Waals surface area (Å²) in [6, 6.07) is 0. The van der Waals surface area contributed by atoms with E-state index >= 15 is 0 Å². The van der Waals surface area contributed by atoms with Gasteiger partial charge in [-0.1, -0.05) is 47.0 Å². The Labute approximate surface area is 325 Å². The molecule has 6 amide bonds. The quantitative estimate of drug-likeness (QED) is 0.0657. The first-order valence-corrected chi connectivity index (χ1v) is 20.1. The van der Waals surface area contributed by atoms with Crippen LogP contribution in [0.25, 0.3) is 0 Å². The summed E-state index contributed by atoms with van der Waals surface area (Å²) in [6.45, 7) is 13.5.